The molecule has 1 heteroatoms. The fourth-order valence-corrected chi connectivity index (χ4v) is 3.77. The first-order valence-corrected chi connectivity index (χ1v) is 8.67. The molecule has 0 aliphatic heterocycles. The highest BCUT2D eigenvalue weighted by Crippen LogP contribution is 2.36. The van der Waals surface area contributed by atoms with Gasteiger partial charge in [0.2, 0.25) is 0 Å². The third-order valence-corrected chi connectivity index (χ3v) is 4.99. The maximum atomic E-state index is 6.00. The van der Waals surface area contributed by atoms with Crippen LogP contribution < -0.4 is 0 Å². The van der Waals surface area contributed by atoms with Gasteiger partial charge in [0.25, 0.3) is 0 Å². The van der Waals surface area contributed by atoms with Crippen LogP contribution in [-0.4, -0.2) is 0 Å². The molecule has 0 radical (unpaired) electrons. The van der Waals surface area contributed by atoms with Gasteiger partial charge < -0.3 is 4.74 Å². The molecule has 5 aromatic carbocycles. The van der Waals surface area contributed by atoms with E-state index in [1.54, 1.807) is 0 Å². The smallest absolute Gasteiger partial charge is 0.0727 e. The average Bonchev–Trinajstić information content (AvgIpc) is 2.68. The van der Waals surface area contributed by atoms with Crippen LogP contribution in [0.4, 0.5) is 0 Å². The summed E-state index contributed by atoms with van der Waals surface area (Å²) < 4.78 is 6.00. The Bertz CT molecular complexity index is 1140. The van der Waals surface area contributed by atoms with E-state index in [1.165, 1.54) is 43.4 Å². The minimum absolute atomic E-state index is 0.628. The first-order valence-electron chi connectivity index (χ1n) is 8.67. The standard InChI is InChI=1S/C24H18O/c1-2-5-17(6-3-1)15-25-16-21-12-11-20-10-9-18-7-4-8-19-13-14-22(21)24(20)23(18)19/h1-14H,15-16H2. The molecule has 0 unspecified atom stereocenters. The topological polar surface area (TPSA) is 9.23 Å². The molecule has 0 amide bonds. The number of ether oxygens (including phenoxy) is 1. The van der Waals surface area contributed by atoms with E-state index in [0.29, 0.717) is 13.2 Å². The van der Waals surface area contributed by atoms with Crippen LogP contribution in [0, 0.1) is 0 Å². The van der Waals surface area contributed by atoms with Crippen molar-refractivity contribution < 1.29 is 4.74 Å². The Kier molecular flexibility index (Phi) is 3.39. The summed E-state index contributed by atoms with van der Waals surface area (Å²) >= 11 is 0. The highest BCUT2D eigenvalue weighted by molar-refractivity contribution is 6.23. The Labute approximate surface area is 146 Å². The van der Waals surface area contributed by atoms with Gasteiger partial charge in [-0.3, -0.25) is 0 Å². The summed E-state index contributed by atoms with van der Waals surface area (Å²) in [6, 6.07) is 30.2. The predicted molar refractivity (Wildman–Crippen MR) is 105 cm³/mol. The molecular formula is C24H18O. The van der Waals surface area contributed by atoms with Gasteiger partial charge in [0.05, 0.1) is 13.2 Å². The SMILES string of the molecule is c1ccc(COCc2ccc3ccc4cccc5ccc2c3c45)cc1. The number of hydrogen-bond donors (Lipinski definition) is 0. The summed E-state index contributed by atoms with van der Waals surface area (Å²) in [6.45, 7) is 1.27. The van der Waals surface area contributed by atoms with Gasteiger partial charge in [-0.05, 0) is 43.4 Å². The van der Waals surface area contributed by atoms with Crippen molar-refractivity contribution in [1.82, 2.24) is 0 Å². The zero-order valence-corrected chi connectivity index (χ0v) is 13.9. The maximum absolute atomic E-state index is 6.00. The van der Waals surface area contributed by atoms with E-state index in [1.807, 2.05) is 6.07 Å². The zero-order valence-electron chi connectivity index (χ0n) is 13.9. The van der Waals surface area contributed by atoms with E-state index in [0.717, 1.165) is 0 Å². The van der Waals surface area contributed by atoms with Crippen molar-refractivity contribution in [2.24, 2.45) is 0 Å². The molecule has 0 atom stereocenters. The van der Waals surface area contributed by atoms with Crippen LogP contribution in [0.2, 0.25) is 0 Å². The van der Waals surface area contributed by atoms with E-state index in [4.69, 9.17) is 4.74 Å². The summed E-state index contributed by atoms with van der Waals surface area (Å²) in [5.41, 5.74) is 2.46. The number of rotatable bonds is 4. The predicted octanol–water partition coefficient (Wildman–Crippen LogP) is 6.30. The van der Waals surface area contributed by atoms with Gasteiger partial charge >= 0.3 is 0 Å². The molecule has 0 N–H and O–H groups in total. The van der Waals surface area contributed by atoms with Gasteiger partial charge in [-0.1, -0.05) is 84.9 Å². The lowest BCUT2D eigenvalue weighted by Crippen LogP contribution is -1.96. The molecule has 0 heterocycles. The third-order valence-electron chi connectivity index (χ3n) is 4.99. The molecule has 0 saturated carbocycles. The Morgan fingerprint density at radius 3 is 2.00 bits per heavy atom. The van der Waals surface area contributed by atoms with Crippen LogP contribution >= 0.6 is 0 Å². The van der Waals surface area contributed by atoms with Crippen molar-refractivity contribution >= 4 is 32.3 Å². The van der Waals surface area contributed by atoms with E-state index < -0.39 is 0 Å². The fraction of sp³-hybridized carbons (Fsp3) is 0.0833. The Morgan fingerprint density at radius 2 is 1.20 bits per heavy atom. The molecule has 5 aromatic rings. The molecule has 25 heavy (non-hydrogen) atoms. The second kappa shape index (κ2) is 5.87. The molecule has 0 aromatic heterocycles. The average molecular weight is 322 g/mol. The second-order valence-corrected chi connectivity index (χ2v) is 6.56. The molecule has 0 aliphatic rings. The molecule has 0 saturated heterocycles. The van der Waals surface area contributed by atoms with Gasteiger partial charge in [0.15, 0.2) is 0 Å². The number of benzene rings is 5. The Balaban J connectivity index is 1.57. The van der Waals surface area contributed by atoms with Gasteiger partial charge in [0.1, 0.15) is 0 Å². The van der Waals surface area contributed by atoms with Crippen LogP contribution in [0.5, 0.6) is 0 Å². The maximum Gasteiger partial charge on any atom is 0.0727 e. The minimum atomic E-state index is 0.628. The van der Waals surface area contributed by atoms with Gasteiger partial charge in [0, 0.05) is 0 Å². The van der Waals surface area contributed by atoms with Crippen molar-refractivity contribution in [3.05, 3.63) is 96.1 Å². The molecular weight excluding hydrogens is 304 g/mol. The molecule has 0 bridgehead atoms. The van der Waals surface area contributed by atoms with Gasteiger partial charge in [-0.25, -0.2) is 0 Å². The van der Waals surface area contributed by atoms with Crippen molar-refractivity contribution in [2.75, 3.05) is 0 Å². The molecule has 1 nitrogen and oxygen atoms in total. The van der Waals surface area contributed by atoms with Crippen LogP contribution in [0.25, 0.3) is 32.3 Å². The summed E-state index contributed by atoms with van der Waals surface area (Å²) in [4.78, 5) is 0. The lowest BCUT2D eigenvalue weighted by Gasteiger charge is -2.14. The van der Waals surface area contributed by atoms with Crippen LogP contribution in [-0.2, 0) is 18.0 Å². The van der Waals surface area contributed by atoms with Crippen LogP contribution in [0.15, 0.2) is 84.9 Å². The zero-order chi connectivity index (χ0) is 16.6. The highest BCUT2D eigenvalue weighted by Gasteiger charge is 2.10. The van der Waals surface area contributed by atoms with E-state index in [2.05, 4.69) is 78.9 Å². The Morgan fingerprint density at radius 1 is 0.520 bits per heavy atom. The molecule has 0 aliphatic carbocycles. The first-order chi connectivity index (χ1) is 12.4. The molecule has 0 fully saturated rings. The quantitative estimate of drug-likeness (QED) is 0.353. The molecule has 0 spiro atoms. The van der Waals surface area contributed by atoms with Gasteiger partial charge in [-0.2, -0.15) is 0 Å². The van der Waals surface area contributed by atoms with E-state index in [9.17, 15) is 0 Å². The summed E-state index contributed by atoms with van der Waals surface area (Å²) in [5, 5.41) is 7.93. The molecule has 5 rings (SSSR count). The van der Waals surface area contributed by atoms with Crippen molar-refractivity contribution in [3.8, 4) is 0 Å². The third kappa shape index (κ3) is 2.45. The summed E-state index contributed by atoms with van der Waals surface area (Å²) in [5.74, 6) is 0. The van der Waals surface area contributed by atoms with Crippen molar-refractivity contribution in [2.45, 2.75) is 13.2 Å². The van der Waals surface area contributed by atoms with Crippen LogP contribution in [0.3, 0.4) is 0 Å². The van der Waals surface area contributed by atoms with E-state index in [-0.39, 0.29) is 0 Å². The van der Waals surface area contributed by atoms with Crippen molar-refractivity contribution in [3.63, 3.8) is 0 Å². The van der Waals surface area contributed by atoms with Gasteiger partial charge in [-0.15, -0.1) is 0 Å². The Hall–Kier alpha value is -2.90. The summed E-state index contributed by atoms with van der Waals surface area (Å²) in [7, 11) is 0. The first kappa shape index (κ1) is 14.4. The highest BCUT2D eigenvalue weighted by atomic mass is 16.5. The van der Waals surface area contributed by atoms with E-state index >= 15 is 0 Å². The second-order valence-electron chi connectivity index (χ2n) is 6.56. The largest absolute Gasteiger partial charge is 0.372 e. The van der Waals surface area contributed by atoms with Crippen LogP contribution in [0.1, 0.15) is 11.1 Å². The number of hydrogen-bond acceptors (Lipinski definition) is 1. The minimum Gasteiger partial charge on any atom is -0.372 e. The monoisotopic (exact) mass is 322 g/mol. The normalized spacial score (nSPS) is 11.7. The summed E-state index contributed by atoms with van der Waals surface area (Å²) in [6.07, 6.45) is 0. The molecule has 120 valence electrons. The fourth-order valence-electron chi connectivity index (χ4n) is 3.77. The lowest BCUT2D eigenvalue weighted by atomic mass is 9.92. The lowest BCUT2D eigenvalue weighted by molar-refractivity contribution is 0.108. The van der Waals surface area contributed by atoms with Crippen molar-refractivity contribution in [1.29, 1.82) is 0 Å².